The summed E-state index contributed by atoms with van der Waals surface area (Å²) in [6.07, 6.45) is 0.257. The highest BCUT2D eigenvalue weighted by Gasteiger charge is 2.28. The van der Waals surface area contributed by atoms with Crippen molar-refractivity contribution in [3.63, 3.8) is 0 Å². The summed E-state index contributed by atoms with van der Waals surface area (Å²) in [5, 5.41) is 3.40. The van der Waals surface area contributed by atoms with E-state index in [1.54, 1.807) is 19.1 Å². The number of rotatable bonds is 6. The van der Waals surface area contributed by atoms with Crippen molar-refractivity contribution in [2.24, 2.45) is 5.92 Å². The van der Waals surface area contributed by atoms with Gasteiger partial charge in [-0.1, -0.05) is 53.5 Å². The summed E-state index contributed by atoms with van der Waals surface area (Å²) in [5.74, 6) is -1.95. The van der Waals surface area contributed by atoms with E-state index in [0.29, 0.717) is 15.7 Å². The zero-order chi connectivity index (χ0) is 17.5. The number of anilines is 1. The van der Waals surface area contributed by atoms with Crippen LogP contribution in [0.15, 0.2) is 48.5 Å². The predicted molar refractivity (Wildman–Crippen MR) is 95.4 cm³/mol. The van der Waals surface area contributed by atoms with Crippen molar-refractivity contribution in [2.75, 3.05) is 11.9 Å². The summed E-state index contributed by atoms with van der Waals surface area (Å²) in [7, 11) is 0. The van der Waals surface area contributed by atoms with E-state index in [2.05, 4.69) is 5.32 Å². The molecule has 0 fully saturated rings. The van der Waals surface area contributed by atoms with Gasteiger partial charge in [0, 0.05) is 5.69 Å². The number of hydrogen-bond acceptors (Lipinski definition) is 3. The normalized spacial score (nSPS) is 11.6. The SMILES string of the molecule is CCOC(=O)[C@H](Cc1ccccc1)C(=O)Nc1ccc(Cl)c(Cl)c1. The van der Waals surface area contributed by atoms with Crippen LogP contribution >= 0.6 is 23.2 Å². The third-order valence-electron chi connectivity index (χ3n) is 3.36. The van der Waals surface area contributed by atoms with E-state index in [-0.39, 0.29) is 13.0 Å². The standard InChI is InChI=1S/C18H17Cl2NO3/c1-2-24-18(23)14(10-12-6-4-3-5-7-12)17(22)21-13-8-9-15(19)16(20)11-13/h3-9,11,14H,2,10H2,1H3,(H,21,22)/t14-/m1/s1. The van der Waals surface area contributed by atoms with Crippen LogP contribution in [0.1, 0.15) is 12.5 Å². The minimum Gasteiger partial charge on any atom is -0.465 e. The molecule has 0 saturated carbocycles. The van der Waals surface area contributed by atoms with E-state index < -0.39 is 17.8 Å². The molecule has 0 spiro atoms. The third-order valence-corrected chi connectivity index (χ3v) is 4.10. The molecular formula is C18H17Cl2NO3. The zero-order valence-electron chi connectivity index (χ0n) is 13.1. The van der Waals surface area contributed by atoms with Crippen molar-refractivity contribution in [3.8, 4) is 0 Å². The maximum atomic E-state index is 12.5. The number of esters is 1. The molecule has 0 aliphatic heterocycles. The quantitative estimate of drug-likeness (QED) is 0.611. The summed E-state index contributed by atoms with van der Waals surface area (Å²) in [4.78, 5) is 24.7. The molecule has 0 radical (unpaired) electrons. The molecule has 24 heavy (non-hydrogen) atoms. The fourth-order valence-electron chi connectivity index (χ4n) is 2.18. The Kier molecular flexibility index (Phi) is 6.64. The first kappa shape index (κ1) is 18.3. The van der Waals surface area contributed by atoms with Crippen LogP contribution in [0.4, 0.5) is 5.69 Å². The Hall–Kier alpha value is -2.04. The zero-order valence-corrected chi connectivity index (χ0v) is 14.6. The van der Waals surface area contributed by atoms with Gasteiger partial charge in [-0.2, -0.15) is 0 Å². The van der Waals surface area contributed by atoms with Crippen LogP contribution in [0, 0.1) is 5.92 Å². The highest BCUT2D eigenvalue weighted by molar-refractivity contribution is 6.42. The molecule has 126 valence electrons. The number of carbonyl (C=O) groups excluding carboxylic acids is 2. The number of ether oxygens (including phenoxy) is 1. The van der Waals surface area contributed by atoms with Gasteiger partial charge in [-0.3, -0.25) is 9.59 Å². The van der Waals surface area contributed by atoms with Crippen molar-refractivity contribution in [1.82, 2.24) is 0 Å². The van der Waals surface area contributed by atoms with Crippen LogP contribution in [0.3, 0.4) is 0 Å². The molecule has 0 aromatic heterocycles. The van der Waals surface area contributed by atoms with Gasteiger partial charge in [-0.25, -0.2) is 0 Å². The van der Waals surface area contributed by atoms with E-state index in [1.807, 2.05) is 30.3 Å². The first-order valence-electron chi connectivity index (χ1n) is 7.47. The maximum Gasteiger partial charge on any atom is 0.318 e. The van der Waals surface area contributed by atoms with Gasteiger partial charge in [-0.15, -0.1) is 0 Å². The molecule has 2 aromatic rings. The summed E-state index contributed by atoms with van der Waals surface area (Å²) >= 11 is 11.8. The van der Waals surface area contributed by atoms with Gasteiger partial charge in [0.2, 0.25) is 5.91 Å². The molecule has 1 amide bonds. The summed E-state index contributed by atoms with van der Waals surface area (Å²) in [6, 6.07) is 14.0. The Morgan fingerprint density at radius 1 is 1.08 bits per heavy atom. The van der Waals surface area contributed by atoms with Crippen LogP contribution in [0.25, 0.3) is 0 Å². The molecule has 0 aliphatic rings. The Morgan fingerprint density at radius 3 is 2.42 bits per heavy atom. The summed E-state index contributed by atoms with van der Waals surface area (Å²) in [5.41, 5.74) is 1.34. The number of carbonyl (C=O) groups is 2. The van der Waals surface area contributed by atoms with Crippen LogP contribution in [-0.2, 0) is 20.7 Å². The van der Waals surface area contributed by atoms with Gasteiger partial charge < -0.3 is 10.1 Å². The largest absolute Gasteiger partial charge is 0.465 e. The second-order valence-corrected chi connectivity index (χ2v) is 5.93. The molecule has 4 nitrogen and oxygen atoms in total. The minimum atomic E-state index is -0.943. The van der Waals surface area contributed by atoms with Crippen LogP contribution in [0.2, 0.25) is 10.0 Å². The molecule has 2 rings (SSSR count). The molecule has 0 saturated heterocycles. The highest BCUT2D eigenvalue weighted by Crippen LogP contribution is 2.25. The van der Waals surface area contributed by atoms with Crippen molar-refractivity contribution >= 4 is 40.8 Å². The maximum absolute atomic E-state index is 12.5. The Balaban J connectivity index is 2.17. The van der Waals surface area contributed by atoms with Gasteiger partial charge in [0.1, 0.15) is 5.92 Å². The molecule has 1 atom stereocenters. The van der Waals surface area contributed by atoms with Crippen LogP contribution in [-0.4, -0.2) is 18.5 Å². The molecule has 0 aliphatic carbocycles. The number of hydrogen-bond donors (Lipinski definition) is 1. The molecule has 2 aromatic carbocycles. The van der Waals surface area contributed by atoms with Crippen molar-refractivity contribution in [1.29, 1.82) is 0 Å². The highest BCUT2D eigenvalue weighted by atomic mass is 35.5. The molecule has 0 unspecified atom stereocenters. The molecule has 0 bridgehead atoms. The van der Waals surface area contributed by atoms with Crippen LogP contribution < -0.4 is 5.32 Å². The number of nitrogens with one attached hydrogen (secondary N) is 1. The lowest BCUT2D eigenvalue weighted by Gasteiger charge is -2.16. The molecule has 6 heteroatoms. The number of amides is 1. The molecule has 0 heterocycles. The molecular weight excluding hydrogens is 349 g/mol. The Labute approximate surface area is 150 Å². The van der Waals surface area contributed by atoms with E-state index in [9.17, 15) is 9.59 Å². The van der Waals surface area contributed by atoms with Gasteiger partial charge in [0.15, 0.2) is 0 Å². The number of halogens is 2. The lowest BCUT2D eigenvalue weighted by atomic mass is 9.98. The lowest BCUT2D eigenvalue weighted by molar-refractivity contribution is -0.150. The smallest absolute Gasteiger partial charge is 0.318 e. The number of benzene rings is 2. The topological polar surface area (TPSA) is 55.4 Å². The van der Waals surface area contributed by atoms with Crippen molar-refractivity contribution < 1.29 is 14.3 Å². The van der Waals surface area contributed by atoms with Crippen LogP contribution in [0.5, 0.6) is 0 Å². The average molecular weight is 366 g/mol. The fourth-order valence-corrected chi connectivity index (χ4v) is 2.48. The van der Waals surface area contributed by atoms with E-state index in [0.717, 1.165) is 5.56 Å². The lowest BCUT2D eigenvalue weighted by Crippen LogP contribution is -2.33. The van der Waals surface area contributed by atoms with E-state index in [4.69, 9.17) is 27.9 Å². The van der Waals surface area contributed by atoms with E-state index >= 15 is 0 Å². The minimum absolute atomic E-state index is 0.212. The van der Waals surface area contributed by atoms with E-state index in [1.165, 1.54) is 6.07 Å². The second kappa shape index (κ2) is 8.71. The van der Waals surface area contributed by atoms with Crippen molar-refractivity contribution in [2.45, 2.75) is 13.3 Å². The van der Waals surface area contributed by atoms with Gasteiger partial charge in [0.25, 0.3) is 0 Å². The Bertz CT molecular complexity index is 719. The monoisotopic (exact) mass is 365 g/mol. The predicted octanol–water partition coefficient (Wildman–Crippen LogP) is 4.35. The van der Waals surface area contributed by atoms with Crippen molar-refractivity contribution in [3.05, 3.63) is 64.1 Å². The molecule has 1 N–H and O–H groups in total. The van der Waals surface area contributed by atoms with Gasteiger partial charge >= 0.3 is 5.97 Å². The average Bonchev–Trinajstić information content (AvgIpc) is 2.57. The fraction of sp³-hybridized carbons (Fsp3) is 0.222. The third kappa shape index (κ3) is 4.98. The Morgan fingerprint density at radius 2 is 1.79 bits per heavy atom. The summed E-state index contributed by atoms with van der Waals surface area (Å²) in [6.45, 7) is 1.92. The first-order valence-corrected chi connectivity index (χ1v) is 8.23. The second-order valence-electron chi connectivity index (χ2n) is 5.11. The van der Waals surface area contributed by atoms with Gasteiger partial charge in [0.05, 0.1) is 16.7 Å². The van der Waals surface area contributed by atoms with Gasteiger partial charge in [-0.05, 0) is 37.1 Å². The first-order chi connectivity index (χ1) is 11.5. The summed E-state index contributed by atoms with van der Waals surface area (Å²) < 4.78 is 5.03.